The van der Waals surface area contributed by atoms with Crippen molar-refractivity contribution in [2.45, 2.75) is 51.8 Å². The number of aliphatic hydroxyl groups is 1. The molecule has 12 heteroatoms. The van der Waals surface area contributed by atoms with Gasteiger partial charge >= 0.3 is 5.97 Å². The number of nitrogens with one attached hydrogen (secondary N) is 3. The number of esters is 1. The van der Waals surface area contributed by atoms with E-state index in [1.54, 1.807) is 25.1 Å². The number of sulfonamides is 1. The third kappa shape index (κ3) is 8.83. The molecule has 1 saturated heterocycles. The Morgan fingerprint density at radius 1 is 1.10 bits per heavy atom. The molecular formula is C28H40N4O7S. The van der Waals surface area contributed by atoms with E-state index in [2.05, 4.69) is 20.3 Å². The van der Waals surface area contributed by atoms with Gasteiger partial charge in [0.25, 0.3) is 5.91 Å². The zero-order chi connectivity index (χ0) is 29.4. The molecule has 0 aromatic heterocycles. The van der Waals surface area contributed by atoms with E-state index in [1.807, 2.05) is 26.0 Å². The van der Waals surface area contributed by atoms with Gasteiger partial charge in [0.05, 0.1) is 24.7 Å². The van der Waals surface area contributed by atoms with Gasteiger partial charge in [-0.2, -0.15) is 0 Å². The predicted molar refractivity (Wildman–Crippen MR) is 154 cm³/mol. The summed E-state index contributed by atoms with van der Waals surface area (Å²) in [5, 5.41) is 26.7. The van der Waals surface area contributed by atoms with Crippen LogP contribution in [-0.2, 0) is 19.6 Å². The Balaban J connectivity index is 1.50. The van der Waals surface area contributed by atoms with Gasteiger partial charge in [-0.25, -0.2) is 13.2 Å². The van der Waals surface area contributed by atoms with Crippen molar-refractivity contribution in [2.75, 3.05) is 42.1 Å². The highest BCUT2D eigenvalue weighted by molar-refractivity contribution is 7.92. The van der Waals surface area contributed by atoms with E-state index in [4.69, 9.17) is 4.74 Å². The number of benzene rings is 2. The largest absolute Gasteiger partial charge is 0.506 e. The summed E-state index contributed by atoms with van der Waals surface area (Å²) in [6, 6.07) is 11.1. The highest BCUT2D eigenvalue weighted by atomic mass is 32.2. The lowest BCUT2D eigenvalue weighted by molar-refractivity contribution is -0.146. The molecule has 0 bridgehead atoms. The maximum Gasteiger partial charge on any atom is 0.328 e. The van der Waals surface area contributed by atoms with Crippen LogP contribution < -0.4 is 20.3 Å². The van der Waals surface area contributed by atoms with Gasteiger partial charge in [0.2, 0.25) is 10.0 Å². The Hall–Kier alpha value is -3.35. The van der Waals surface area contributed by atoms with Crippen LogP contribution in [0.1, 0.15) is 55.6 Å². The van der Waals surface area contributed by atoms with Gasteiger partial charge in [-0.15, -0.1) is 0 Å². The Morgan fingerprint density at radius 3 is 2.33 bits per heavy atom. The van der Waals surface area contributed by atoms with Crippen LogP contribution >= 0.6 is 0 Å². The summed E-state index contributed by atoms with van der Waals surface area (Å²) in [7, 11) is -3.57. The van der Waals surface area contributed by atoms with Crippen molar-refractivity contribution in [3.63, 3.8) is 0 Å². The molecule has 2 aromatic rings. The van der Waals surface area contributed by atoms with Crippen molar-refractivity contribution in [1.29, 1.82) is 0 Å². The molecule has 2 atom stereocenters. The molecule has 1 fully saturated rings. The number of phenolic OH excluding ortho intramolecular Hbond substituents is 1. The lowest BCUT2D eigenvalue weighted by Crippen LogP contribution is -2.45. The van der Waals surface area contributed by atoms with Crippen molar-refractivity contribution < 1.29 is 33.0 Å². The van der Waals surface area contributed by atoms with Crippen LogP contribution in [0.2, 0.25) is 0 Å². The van der Waals surface area contributed by atoms with Gasteiger partial charge < -0.3 is 30.5 Å². The van der Waals surface area contributed by atoms with Gasteiger partial charge in [0, 0.05) is 36.9 Å². The lowest BCUT2D eigenvalue weighted by atomic mass is 10.0. The van der Waals surface area contributed by atoms with Gasteiger partial charge in [-0.1, -0.05) is 19.9 Å². The molecule has 1 heterocycles. The number of carbonyl (C=O) groups is 2. The van der Waals surface area contributed by atoms with Crippen LogP contribution in [-0.4, -0.2) is 75.1 Å². The van der Waals surface area contributed by atoms with Crippen molar-refractivity contribution >= 4 is 33.3 Å². The maximum atomic E-state index is 12.7. The Kier molecular flexibility index (Phi) is 10.8. The highest BCUT2D eigenvalue weighted by Crippen LogP contribution is 2.28. The normalized spacial score (nSPS) is 15.9. The molecule has 0 radical (unpaired) electrons. The van der Waals surface area contributed by atoms with Crippen molar-refractivity contribution in [2.24, 2.45) is 5.92 Å². The third-order valence-electron chi connectivity index (χ3n) is 6.78. The maximum absolute atomic E-state index is 12.7. The van der Waals surface area contributed by atoms with Crippen molar-refractivity contribution in [1.82, 2.24) is 10.6 Å². The number of ether oxygens (including phenoxy) is 1. The Morgan fingerprint density at radius 2 is 1.75 bits per heavy atom. The fourth-order valence-corrected chi connectivity index (χ4v) is 5.12. The number of rotatable bonds is 12. The first-order valence-corrected chi connectivity index (χ1v) is 15.3. The summed E-state index contributed by atoms with van der Waals surface area (Å²) in [4.78, 5) is 27.1. The lowest BCUT2D eigenvalue weighted by Gasteiger charge is -2.34. The number of hydrogen-bond acceptors (Lipinski definition) is 9. The molecule has 11 nitrogen and oxygen atoms in total. The quantitative estimate of drug-likeness (QED) is 0.189. The Labute approximate surface area is 236 Å². The zero-order valence-corrected chi connectivity index (χ0v) is 24.2. The van der Waals surface area contributed by atoms with Crippen molar-refractivity contribution in [3.05, 3.63) is 53.6 Å². The first-order chi connectivity index (χ1) is 18.9. The van der Waals surface area contributed by atoms with Gasteiger partial charge in [-0.3, -0.25) is 9.52 Å². The summed E-state index contributed by atoms with van der Waals surface area (Å²) < 4.78 is 30.3. The van der Waals surface area contributed by atoms with E-state index in [-0.39, 0.29) is 42.5 Å². The first-order valence-electron chi connectivity index (χ1n) is 13.4. The predicted octanol–water partition coefficient (Wildman–Crippen LogP) is 2.37. The van der Waals surface area contributed by atoms with Gasteiger partial charge in [0.15, 0.2) is 0 Å². The average molecular weight is 577 g/mol. The fraction of sp³-hybridized carbons (Fsp3) is 0.500. The van der Waals surface area contributed by atoms with Crippen LogP contribution in [0.5, 0.6) is 5.75 Å². The SMILES string of the molecule is CCOC(=O)[C@@H](NC(=O)c1ccc(N2CCC(NC[C@@H](O)c3ccc(O)c(NS(C)(=O)=O)c3)CC2)cc1)C(C)C. The number of amides is 1. The second-order valence-electron chi connectivity index (χ2n) is 10.3. The molecule has 3 rings (SSSR count). The molecule has 0 aliphatic carbocycles. The number of piperidine rings is 1. The number of nitrogens with zero attached hydrogens (tertiary/aromatic N) is 1. The molecule has 220 valence electrons. The number of carbonyl (C=O) groups excluding carboxylic acids is 2. The van der Waals surface area contributed by atoms with E-state index in [9.17, 15) is 28.2 Å². The third-order valence-corrected chi connectivity index (χ3v) is 7.37. The van der Waals surface area contributed by atoms with Crippen LogP contribution in [0.4, 0.5) is 11.4 Å². The minimum absolute atomic E-state index is 0.0228. The minimum atomic E-state index is -3.57. The van der Waals surface area contributed by atoms with Crippen LogP contribution in [0, 0.1) is 5.92 Å². The molecule has 2 aromatic carbocycles. The van der Waals surface area contributed by atoms with E-state index in [1.165, 1.54) is 12.1 Å². The minimum Gasteiger partial charge on any atom is -0.506 e. The van der Waals surface area contributed by atoms with E-state index < -0.39 is 28.1 Å². The summed E-state index contributed by atoms with van der Waals surface area (Å²) in [6.45, 7) is 7.55. The molecule has 1 aliphatic rings. The topological polar surface area (TPSA) is 157 Å². The smallest absolute Gasteiger partial charge is 0.328 e. The van der Waals surface area contributed by atoms with Crippen molar-refractivity contribution in [3.8, 4) is 5.75 Å². The number of aliphatic hydroxyl groups excluding tert-OH is 1. The molecule has 5 N–H and O–H groups in total. The van der Waals surface area contributed by atoms with Crippen LogP contribution in [0.15, 0.2) is 42.5 Å². The molecule has 0 saturated carbocycles. The van der Waals surface area contributed by atoms with Gasteiger partial charge in [0.1, 0.15) is 11.8 Å². The van der Waals surface area contributed by atoms with E-state index in [0.29, 0.717) is 11.1 Å². The monoisotopic (exact) mass is 576 g/mol. The standard InChI is InChI=1S/C28H40N4O7S/c1-5-39-28(36)26(18(2)3)30-27(35)19-6-9-22(10-7-19)32-14-12-21(13-15-32)29-17-25(34)20-8-11-24(33)23(16-20)31-40(4,37)38/h6-11,16,18,21,25-26,29,31,33-34H,5,12-15,17H2,1-4H3,(H,30,35)/t25-,26+/m1/s1. The number of hydrogen-bond donors (Lipinski definition) is 5. The highest BCUT2D eigenvalue weighted by Gasteiger charge is 2.26. The van der Waals surface area contributed by atoms with E-state index in [0.717, 1.165) is 37.9 Å². The van der Waals surface area contributed by atoms with E-state index >= 15 is 0 Å². The average Bonchev–Trinajstić information content (AvgIpc) is 2.91. The van der Waals surface area contributed by atoms with Crippen LogP contribution in [0.3, 0.4) is 0 Å². The number of anilines is 2. The molecule has 0 unspecified atom stereocenters. The fourth-order valence-electron chi connectivity index (χ4n) is 4.56. The zero-order valence-electron chi connectivity index (χ0n) is 23.4. The van der Waals surface area contributed by atoms with Crippen LogP contribution in [0.25, 0.3) is 0 Å². The summed E-state index contributed by atoms with van der Waals surface area (Å²) in [5.41, 5.74) is 1.97. The molecule has 0 spiro atoms. The second-order valence-corrected chi connectivity index (χ2v) is 12.1. The Bertz CT molecular complexity index is 1260. The second kappa shape index (κ2) is 13.8. The number of aromatic hydroxyl groups is 1. The molecule has 1 aliphatic heterocycles. The summed E-state index contributed by atoms with van der Waals surface area (Å²) in [6.07, 6.45) is 1.81. The molecule has 40 heavy (non-hydrogen) atoms. The first kappa shape index (κ1) is 31.2. The van der Waals surface area contributed by atoms with Gasteiger partial charge in [-0.05, 0) is 67.6 Å². The number of phenols is 1. The molecule has 1 amide bonds. The summed E-state index contributed by atoms with van der Waals surface area (Å²) >= 11 is 0. The summed E-state index contributed by atoms with van der Waals surface area (Å²) in [5.74, 6) is -1.09. The molecular weight excluding hydrogens is 536 g/mol.